The molecule has 4 heterocycles. The summed E-state index contributed by atoms with van der Waals surface area (Å²) < 4.78 is 41.2. The molecule has 28 heavy (non-hydrogen) atoms. The molecule has 1 aliphatic rings. The Morgan fingerprint density at radius 3 is 2.57 bits per heavy atom. The Hall–Kier alpha value is -2.55. The topological polar surface area (TPSA) is 59.2 Å². The van der Waals surface area contributed by atoms with E-state index in [1.807, 2.05) is 6.92 Å². The van der Waals surface area contributed by atoms with E-state index in [-0.39, 0.29) is 11.7 Å². The summed E-state index contributed by atoms with van der Waals surface area (Å²) in [6.07, 6.45) is 2.01. The summed E-state index contributed by atoms with van der Waals surface area (Å²) in [5, 5.41) is 4.31. The van der Waals surface area contributed by atoms with Gasteiger partial charge in [-0.05, 0) is 39.3 Å². The lowest BCUT2D eigenvalue weighted by Crippen LogP contribution is -2.33. The van der Waals surface area contributed by atoms with Gasteiger partial charge in [0, 0.05) is 36.3 Å². The number of halogens is 3. The van der Waals surface area contributed by atoms with Crippen LogP contribution < -0.4 is 0 Å². The molecular formula is C19H21F3N6. The summed E-state index contributed by atoms with van der Waals surface area (Å²) in [4.78, 5) is 14.9. The average Bonchev–Trinajstić information content (AvgIpc) is 3.06. The first kappa shape index (κ1) is 18.8. The summed E-state index contributed by atoms with van der Waals surface area (Å²) in [6, 6.07) is 2.65. The highest BCUT2D eigenvalue weighted by molar-refractivity contribution is 5.43. The van der Waals surface area contributed by atoms with Crippen LogP contribution in [0.5, 0.6) is 0 Å². The van der Waals surface area contributed by atoms with Gasteiger partial charge < -0.3 is 0 Å². The molecular weight excluding hydrogens is 369 g/mol. The maximum atomic E-state index is 13.4. The van der Waals surface area contributed by atoms with Crippen molar-refractivity contribution in [2.45, 2.75) is 51.9 Å². The smallest absolute Gasteiger partial charge is 0.290 e. The second kappa shape index (κ2) is 7.12. The van der Waals surface area contributed by atoms with E-state index in [1.165, 1.54) is 0 Å². The van der Waals surface area contributed by atoms with Crippen LogP contribution >= 0.6 is 0 Å². The highest BCUT2D eigenvalue weighted by atomic mass is 19.4. The summed E-state index contributed by atoms with van der Waals surface area (Å²) >= 11 is 0. The molecule has 0 saturated carbocycles. The lowest BCUT2D eigenvalue weighted by molar-refractivity contribution is -0.142. The first-order valence-corrected chi connectivity index (χ1v) is 9.27. The van der Waals surface area contributed by atoms with Crippen molar-refractivity contribution < 1.29 is 13.2 Å². The molecule has 3 aromatic rings. The largest absolute Gasteiger partial charge is 0.433 e. The van der Waals surface area contributed by atoms with Crippen molar-refractivity contribution in [3.63, 3.8) is 0 Å². The Balaban J connectivity index is 1.69. The molecule has 6 nitrogen and oxygen atoms in total. The zero-order chi connectivity index (χ0) is 19.9. The maximum absolute atomic E-state index is 13.4. The minimum atomic E-state index is -4.49. The van der Waals surface area contributed by atoms with Gasteiger partial charge in [-0.2, -0.15) is 18.3 Å². The third-order valence-corrected chi connectivity index (χ3v) is 5.04. The van der Waals surface area contributed by atoms with Gasteiger partial charge in [0.1, 0.15) is 11.5 Å². The summed E-state index contributed by atoms with van der Waals surface area (Å²) in [5.74, 6) is 0.709. The van der Waals surface area contributed by atoms with Crippen molar-refractivity contribution in [2.75, 3.05) is 6.54 Å². The summed E-state index contributed by atoms with van der Waals surface area (Å²) in [7, 11) is 0. The average molecular weight is 390 g/mol. The van der Waals surface area contributed by atoms with Crippen molar-refractivity contribution in [1.82, 2.24) is 29.5 Å². The van der Waals surface area contributed by atoms with E-state index >= 15 is 0 Å². The molecule has 1 saturated heterocycles. The fraction of sp³-hybridized carbons (Fsp3) is 0.474. The van der Waals surface area contributed by atoms with Gasteiger partial charge >= 0.3 is 6.18 Å². The zero-order valence-electron chi connectivity index (χ0n) is 15.7. The number of alkyl halides is 3. The second-order valence-electron chi connectivity index (χ2n) is 7.24. The third kappa shape index (κ3) is 3.71. The molecule has 0 bridgehead atoms. The summed E-state index contributed by atoms with van der Waals surface area (Å²) in [5.41, 5.74) is 1.35. The van der Waals surface area contributed by atoms with E-state index in [0.29, 0.717) is 23.8 Å². The molecule has 0 radical (unpaired) electrons. The van der Waals surface area contributed by atoms with Crippen molar-refractivity contribution in [2.24, 2.45) is 0 Å². The van der Waals surface area contributed by atoms with E-state index in [1.54, 1.807) is 25.4 Å². The molecule has 1 fully saturated rings. The fourth-order valence-corrected chi connectivity index (χ4v) is 3.73. The Bertz CT molecular complexity index is 980. The molecule has 0 aliphatic carbocycles. The Morgan fingerprint density at radius 2 is 1.86 bits per heavy atom. The van der Waals surface area contributed by atoms with E-state index in [4.69, 9.17) is 0 Å². The van der Waals surface area contributed by atoms with E-state index < -0.39 is 11.9 Å². The van der Waals surface area contributed by atoms with E-state index in [9.17, 15) is 13.2 Å². The molecule has 0 aromatic carbocycles. The third-order valence-electron chi connectivity index (χ3n) is 5.04. The molecule has 0 amide bonds. The van der Waals surface area contributed by atoms with Crippen molar-refractivity contribution in [3.8, 4) is 0 Å². The number of aryl methyl sites for hydroxylation is 2. The maximum Gasteiger partial charge on any atom is 0.433 e. The van der Waals surface area contributed by atoms with Crippen LogP contribution in [-0.4, -0.2) is 36.0 Å². The monoisotopic (exact) mass is 390 g/mol. The minimum Gasteiger partial charge on any atom is -0.290 e. The van der Waals surface area contributed by atoms with Crippen LogP contribution in [0.25, 0.3) is 5.65 Å². The van der Waals surface area contributed by atoms with Gasteiger partial charge in [0.05, 0.1) is 11.7 Å². The van der Waals surface area contributed by atoms with Crippen LogP contribution in [0, 0.1) is 13.8 Å². The number of piperidine rings is 1. The van der Waals surface area contributed by atoms with Gasteiger partial charge in [-0.15, -0.1) is 0 Å². The van der Waals surface area contributed by atoms with Crippen molar-refractivity contribution >= 4 is 5.65 Å². The SMILES string of the molecule is Cc1cc(C(F)(F)F)n2nc([C@@H]3CCCCN3Cc3cnc(C)nc3)cc2n1. The normalized spacial score (nSPS) is 18.7. The lowest BCUT2D eigenvalue weighted by Gasteiger charge is -2.34. The van der Waals surface area contributed by atoms with E-state index in [2.05, 4.69) is 25.0 Å². The predicted molar refractivity (Wildman–Crippen MR) is 96.5 cm³/mol. The number of rotatable bonds is 3. The molecule has 0 spiro atoms. The van der Waals surface area contributed by atoms with Crippen LogP contribution in [0.4, 0.5) is 13.2 Å². The summed E-state index contributed by atoms with van der Waals surface area (Å²) in [6.45, 7) is 4.88. The lowest BCUT2D eigenvalue weighted by atomic mass is 9.99. The van der Waals surface area contributed by atoms with Gasteiger partial charge in [-0.1, -0.05) is 6.42 Å². The zero-order valence-corrected chi connectivity index (χ0v) is 15.7. The van der Waals surface area contributed by atoms with Crippen LogP contribution in [0.1, 0.15) is 53.8 Å². The van der Waals surface area contributed by atoms with Gasteiger partial charge in [0.2, 0.25) is 0 Å². The molecule has 4 rings (SSSR count). The Kier molecular flexibility index (Phi) is 4.78. The molecule has 1 aliphatic heterocycles. The molecule has 3 aromatic heterocycles. The number of aromatic nitrogens is 5. The quantitative estimate of drug-likeness (QED) is 0.679. The molecule has 148 valence electrons. The predicted octanol–water partition coefficient (Wildman–Crippen LogP) is 3.88. The number of nitrogens with zero attached hydrogens (tertiary/aromatic N) is 6. The number of fused-ring (bicyclic) bond motifs is 1. The number of hydrogen-bond donors (Lipinski definition) is 0. The second-order valence-corrected chi connectivity index (χ2v) is 7.24. The van der Waals surface area contributed by atoms with Gasteiger partial charge in [0.15, 0.2) is 5.65 Å². The Morgan fingerprint density at radius 1 is 1.11 bits per heavy atom. The number of hydrogen-bond acceptors (Lipinski definition) is 5. The van der Waals surface area contributed by atoms with Crippen molar-refractivity contribution in [3.05, 3.63) is 53.0 Å². The van der Waals surface area contributed by atoms with Gasteiger partial charge in [0.25, 0.3) is 0 Å². The first-order valence-electron chi connectivity index (χ1n) is 9.27. The highest BCUT2D eigenvalue weighted by Gasteiger charge is 2.36. The highest BCUT2D eigenvalue weighted by Crippen LogP contribution is 2.34. The van der Waals surface area contributed by atoms with Crippen LogP contribution in [0.15, 0.2) is 24.5 Å². The van der Waals surface area contributed by atoms with Crippen LogP contribution in [0.2, 0.25) is 0 Å². The molecule has 1 atom stereocenters. The van der Waals surface area contributed by atoms with E-state index in [0.717, 1.165) is 42.0 Å². The number of likely N-dealkylation sites (tertiary alicyclic amines) is 1. The van der Waals surface area contributed by atoms with Crippen molar-refractivity contribution in [1.29, 1.82) is 0 Å². The molecule has 0 unspecified atom stereocenters. The van der Waals surface area contributed by atoms with Crippen LogP contribution in [0.3, 0.4) is 0 Å². The van der Waals surface area contributed by atoms with Gasteiger partial charge in [-0.25, -0.2) is 19.5 Å². The molecule has 9 heteroatoms. The molecule has 0 N–H and O–H groups in total. The van der Waals surface area contributed by atoms with Crippen LogP contribution in [-0.2, 0) is 12.7 Å². The van der Waals surface area contributed by atoms with Gasteiger partial charge in [-0.3, -0.25) is 4.90 Å². The Labute approximate surface area is 160 Å². The standard InChI is InChI=1S/C19H21F3N6/c1-12-7-17(19(20,21)22)28-18(25-12)8-15(26-28)16-5-3-4-6-27(16)11-14-9-23-13(2)24-10-14/h7-10,16H,3-6,11H2,1-2H3/t16-/m0/s1. The fourth-order valence-electron chi connectivity index (χ4n) is 3.73. The first-order chi connectivity index (χ1) is 13.3. The minimum absolute atomic E-state index is 0.0573.